The number of thioether (sulfide) groups is 2. The number of nitriles is 2. The van der Waals surface area contributed by atoms with Gasteiger partial charge in [0.05, 0.1) is 36.4 Å². The topological polar surface area (TPSA) is 191 Å². The highest BCUT2D eigenvalue weighted by Gasteiger charge is 2.34. The fraction of sp³-hybridized carbons (Fsp3) is 0.222. The molecular formula is C18H18N4O8S6. The lowest BCUT2D eigenvalue weighted by molar-refractivity contribution is 0.587. The van der Waals surface area contributed by atoms with E-state index in [9.17, 15) is 33.7 Å². The SMILES string of the molecule is CS(=O)(=O)N(c1ccc(SC#N)cc1-c1cc(SC#N)ccc1N(S(C)(=O)=O)S(C)(=O)=O)S(C)(=O)=O. The minimum absolute atomic E-state index is 0.106. The molecule has 12 nitrogen and oxygen atoms in total. The van der Waals surface area contributed by atoms with Gasteiger partial charge < -0.3 is 0 Å². The molecule has 0 aromatic heterocycles. The molecule has 0 bridgehead atoms. The number of hydrogen-bond acceptors (Lipinski definition) is 12. The number of rotatable bonds is 9. The standard InChI is InChI=1S/C18H18N4O8S6/c1-33(23,24)21(34(2,25)26)17-7-5-13(31-11-19)9-15(17)16-10-14(32-12-20)6-8-18(16)22(35(3,27)28)36(4,29)30/h5-10H,1-4H3. The van der Waals surface area contributed by atoms with Crippen molar-refractivity contribution in [2.75, 3.05) is 32.4 Å². The number of anilines is 2. The molecule has 0 aliphatic heterocycles. The Kier molecular flexibility index (Phi) is 8.66. The largest absolute Gasteiger partial charge is 0.245 e. The molecule has 0 heterocycles. The number of nitrogens with zero attached hydrogens (tertiary/aromatic N) is 4. The van der Waals surface area contributed by atoms with Crippen LogP contribution in [0, 0.1) is 21.3 Å². The minimum Gasteiger partial charge on any atom is -0.206 e. The normalized spacial score (nSPS) is 12.4. The van der Waals surface area contributed by atoms with Crippen molar-refractivity contribution in [1.29, 1.82) is 10.5 Å². The molecule has 0 radical (unpaired) electrons. The number of benzene rings is 2. The van der Waals surface area contributed by atoms with E-state index < -0.39 is 51.5 Å². The van der Waals surface area contributed by atoms with Gasteiger partial charge >= 0.3 is 0 Å². The van der Waals surface area contributed by atoms with Crippen LogP contribution in [0.1, 0.15) is 0 Å². The van der Waals surface area contributed by atoms with E-state index in [0.29, 0.717) is 48.5 Å². The number of hydrogen-bond donors (Lipinski definition) is 0. The lowest BCUT2D eigenvalue weighted by Crippen LogP contribution is -2.36. The third-order valence-electron chi connectivity index (χ3n) is 4.15. The van der Waals surface area contributed by atoms with Crippen LogP contribution in [0.5, 0.6) is 0 Å². The maximum absolute atomic E-state index is 12.5. The fourth-order valence-electron chi connectivity index (χ4n) is 3.22. The quantitative estimate of drug-likeness (QED) is 0.297. The van der Waals surface area contributed by atoms with Gasteiger partial charge in [0, 0.05) is 20.9 Å². The van der Waals surface area contributed by atoms with Crippen LogP contribution >= 0.6 is 23.5 Å². The first-order valence-corrected chi connectivity index (χ1v) is 18.2. The Labute approximate surface area is 218 Å². The summed E-state index contributed by atoms with van der Waals surface area (Å²) < 4.78 is 100. The molecule has 194 valence electrons. The zero-order chi connectivity index (χ0) is 27.7. The number of thiocyanates is 2. The average molecular weight is 611 g/mol. The van der Waals surface area contributed by atoms with Gasteiger partial charge in [-0.15, -0.1) is 0 Å². The van der Waals surface area contributed by atoms with Gasteiger partial charge in [-0.1, -0.05) is 0 Å². The first kappa shape index (κ1) is 29.7. The van der Waals surface area contributed by atoms with Gasteiger partial charge in [-0.2, -0.15) is 17.9 Å². The maximum atomic E-state index is 12.5. The zero-order valence-corrected chi connectivity index (χ0v) is 23.9. The van der Waals surface area contributed by atoms with Crippen molar-refractivity contribution in [2.45, 2.75) is 9.79 Å². The van der Waals surface area contributed by atoms with Crippen molar-refractivity contribution >= 4 is 75.0 Å². The summed E-state index contributed by atoms with van der Waals surface area (Å²) in [6.07, 6.45) is 2.55. The Morgan fingerprint density at radius 2 is 0.861 bits per heavy atom. The summed E-state index contributed by atoms with van der Waals surface area (Å²) in [7, 11) is -17.9. The molecule has 2 rings (SSSR count). The van der Waals surface area contributed by atoms with E-state index in [1.165, 1.54) is 24.3 Å². The Morgan fingerprint density at radius 3 is 1.08 bits per heavy atom. The highest BCUT2D eigenvalue weighted by Crippen LogP contribution is 2.43. The predicted octanol–water partition coefficient (Wildman–Crippen LogP) is 1.95. The van der Waals surface area contributed by atoms with E-state index in [2.05, 4.69) is 0 Å². The summed E-state index contributed by atoms with van der Waals surface area (Å²) in [4.78, 5) is 0.431. The molecule has 2 aromatic rings. The average Bonchev–Trinajstić information content (AvgIpc) is 2.66. The summed E-state index contributed by atoms with van der Waals surface area (Å²) in [5.74, 6) is 0. The molecule has 0 amide bonds. The summed E-state index contributed by atoms with van der Waals surface area (Å²) in [5.41, 5.74) is -1.35. The van der Waals surface area contributed by atoms with E-state index in [4.69, 9.17) is 10.5 Å². The second-order valence-electron chi connectivity index (χ2n) is 7.19. The lowest BCUT2D eigenvalue weighted by Gasteiger charge is -2.27. The van der Waals surface area contributed by atoms with Gasteiger partial charge in [0.25, 0.3) is 0 Å². The minimum atomic E-state index is -4.48. The summed E-state index contributed by atoms with van der Waals surface area (Å²) in [6.45, 7) is 0. The summed E-state index contributed by atoms with van der Waals surface area (Å²) >= 11 is 1.28. The smallest absolute Gasteiger partial charge is 0.206 e. The predicted molar refractivity (Wildman–Crippen MR) is 139 cm³/mol. The molecule has 0 saturated heterocycles. The molecule has 0 unspecified atom stereocenters. The monoisotopic (exact) mass is 610 g/mol. The Bertz CT molecular complexity index is 1530. The van der Waals surface area contributed by atoms with Crippen molar-refractivity contribution < 1.29 is 33.7 Å². The Balaban J connectivity index is 3.20. The first-order chi connectivity index (χ1) is 16.3. The van der Waals surface area contributed by atoms with E-state index >= 15 is 0 Å². The highest BCUT2D eigenvalue weighted by atomic mass is 32.3. The first-order valence-electron chi connectivity index (χ1n) is 9.13. The Morgan fingerprint density at radius 1 is 0.583 bits per heavy atom. The van der Waals surface area contributed by atoms with Gasteiger partial charge in [0.15, 0.2) is 0 Å². The number of sulfonamides is 4. The van der Waals surface area contributed by atoms with Crippen molar-refractivity contribution in [1.82, 2.24) is 0 Å². The maximum Gasteiger partial charge on any atom is 0.245 e. The molecule has 0 atom stereocenters. The van der Waals surface area contributed by atoms with Crippen molar-refractivity contribution in [3.63, 3.8) is 0 Å². The van der Waals surface area contributed by atoms with Crippen LogP contribution in [0.4, 0.5) is 11.4 Å². The van der Waals surface area contributed by atoms with Crippen LogP contribution in [0.3, 0.4) is 0 Å². The highest BCUT2D eigenvalue weighted by molar-refractivity contribution is 8.10. The second-order valence-corrected chi connectivity index (χ2v) is 16.7. The molecule has 2 aromatic carbocycles. The van der Waals surface area contributed by atoms with E-state index in [0.717, 1.165) is 12.1 Å². The van der Waals surface area contributed by atoms with E-state index in [-0.39, 0.29) is 28.3 Å². The summed E-state index contributed by atoms with van der Waals surface area (Å²) in [5, 5.41) is 21.8. The van der Waals surface area contributed by atoms with Crippen LogP contribution in [0.2, 0.25) is 0 Å². The van der Waals surface area contributed by atoms with E-state index in [1.54, 1.807) is 10.8 Å². The third-order valence-corrected chi connectivity index (χ3v) is 11.8. The molecule has 0 aliphatic carbocycles. The molecule has 0 saturated carbocycles. The van der Waals surface area contributed by atoms with E-state index in [1.807, 2.05) is 0 Å². The fourth-order valence-corrected chi connectivity index (χ4v) is 10.1. The van der Waals surface area contributed by atoms with Crippen molar-refractivity contribution in [3.05, 3.63) is 36.4 Å². The van der Waals surface area contributed by atoms with Crippen LogP contribution in [-0.4, -0.2) is 58.7 Å². The zero-order valence-electron chi connectivity index (χ0n) is 19.0. The van der Waals surface area contributed by atoms with Crippen molar-refractivity contribution in [3.8, 4) is 21.9 Å². The van der Waals surface area contributed by atoms with Crippen LogP contribution in [-0.2, 0) is 40.1 Å². The van der Waals surface area contributed by atoms with Crippen LogP contribution in [0.15, 0.2) is 46.2 Å². The Hall–Kier alpha value is -2.48. The third kappa shape index (κ3) is 6.84. The van der Waals surface area contributed by atoms with Crippen molar-refractivity contribution in [2.24, 2.45) is 0 Å². The van der Waals surface area contributed by atoms with Gasteiger partial charge in [-0.3, -0.25) is 0 Å². The molecule has 0 fully saturated rings. The molecule has 36 heavy (non-hydrogen) atoms. The van der Waals surface area contributed by atoms with Gasteiger partial charge in [0.1, 0.15) is 10.8 Å². The van der Waals surface area contributed by atoms with Gasteiger partial charge in [-0.05, 0) is 59.9 Å². The summed E-state index contributed by atoms with van der Waals surface area (Å²) in [6, 6.07) is 7.17. The van der Waals surface area contributed by atoms with Gasteiger partial charge in [-0.25, -0.2) is 33.7 Å². The lowest BCUT2D eigenvalue weighted by atomic mass is 10.0. The van der Waals surface area contributed by atoms with Crippen LogP contribution in [0.25, 0.3) is 11.1 Å². The molecular weight excluding hydrogens is 593 g/mol. The molecule has 18 heteroatoms. The van der Waals surface area contributed by atoms with Crippen LogP contribution < -0.4 is 7.42 Å². The molecule has 0 aliphatic rings. The van der Waals surface area contributed by atoms with Gasteiger partial charge in [0.2, 0.25) is 40.1 Å². The second kappa shape index (κ2) is 10.5. The molecule has 0 spiro atoms. The molecule has 0 N–H and O–H groups in total.